The Balaban J connectivity index is 1.72. The van der Waals surface area contributed by atoms with Gasteiger partial charge in [0.25, 0.3) is 5.69 Å². The number of rotatable bonds is 7. The van der Waals surface area contributed by atoms with Crippen molar-refractivity contribution in [3.63, 3.8) is 0 Å². The van der Waals surface area contributed by atoms with Crippen molar-refractivity contribution in [2.24, 2.45) is 13.0 Å². The Morgan fingerprint density at radius 2 is 1.97 bits per heavy atom. The van der Waals surface area contributed by atoms with Crippen LogP contribution < -0.4 is 5.32 Å². The van der Waals surface area contributed by atoms with Gasteiger partial charge in [0.15, 0.2) is 0 Å². The molecule has 1 fully saturated rings. The van der Waals surface area contributed by atoms with Gasteiger partial charge >= 0.3 is 0 Å². The van der Waals surface area contributed by atoms with Crippen LogP contribution in [0.25, 0.3) is 0 Å². The zero-order valence-corrected chi connectivity index (χ0v) is 19.7. The Morgan fingerprint density at radius 1 is 1.24 bits per heavy atom. The highest BCUT2D eigenvalue weighted by Crippen LogP contribution is 2.34. The first-order valence-corrected chi connectivity index (χ1v) is 12.4. The Labute approximate surface area is 197 Å². The zero-order valence-electron chi connectivity index (χ0n) is 18.9. The van der Waals surface area contributed by atoms with Crippen LogP contribution in [0.4, 0.5) is 15.8 Å². The number of hydrogen-bond acceptors (Lipinski definition) is 6. The van der Waals surface area contributed by atoms with Crippen molar-refractivity contribution >= 4 is 21.4 Å². The molecule has 1 saturated heterocycles. The van der Waals surface area contributed by atoms with E-state index in [2.05, 4.69) is 10.3 Å². The third-order valence-electron chi connectivity index (χ3n) is 6.04. The number of nitro benzene ring substituents is 1. The van der Waals surface area contributed by atoms with E-state index in [4.69, 9.17) is 0 Å². The summed E-state index contributed by atoms with van der Waals surface area (Å²) in [5.41, 5.74) is 0.407. The smallest absolute Gasteiger partial charge is 0.293 e. The number of anilines is 1. The molecule has 3 aromatic rings. The van der Waals surface area contributed by atoms with Crippen LogP contribution >= 0.6 is 0 Å². The van der Waals surface area contributed by atoms with E-state index in [1.807, 2.05) is 6.92 Å². The molecule has 1 N–H and O–H groups in total. The van der Waals surface area contributed by atoms with E-state index in [0.717, 1.165) is 18.9 Å². The van der Waals surface area contributed by atoms with Gasteiger partial charge in [-0.3, -0.25) is 10.1 Å². The van der Waals surface area contributed by atoms with Crippen LogP contribution in [0.5, 0.6) is 0 Å². The third-order valence-corrected chi connectivity index (χ3v) is 7.90. The van der Waals surface area contributed by atoms with E-state index < -0.39 is 26.8 Å². The van der Waals surface area contributed by atoms with Crippen LogP contribution in [-0.4, -0.2) is 40.3 Å². The second kappa shape index (κ2) is 9.51. The molecule has 2 aromatic carbocycles. The second-order valence-electron chi connectivity index (χ2n) is 8.57. The average molecular weight is 488 g/mol. The van der Waals surface area contributed by atoms with E-state index in [1.165, 1.54) is 28.6 Å². The number of nitrogens with one attached hydrogen (secondary N) is 1. The zero-order chi connectivity index (χ0) is 24.5. The molecule has 180 valence electrons. The summed E-state index contributed by atoms with van der Waals surface area (Å²) >= 11 is 0. The van der Waals surface area contributed by atoms with E-state index in [1.54, 1.807) is 36.1 Å². The number of imidazole rings is 1. The maximum Gasteiger partial charge on any atom is 0.293 e. The summed E-state index contributed by atoms with van der Waals surface area (Å²) < 4.78 is 43.0. The summed E-state index contributed by atoms with van der Waals surface area (Å²) in [6.07, 6.45) is 5.03. The summed E-state index contributed by atoms with van der Waals surface area (Å²) in [6, 6.07) is 8.99. The lowest BCUT2D eigenvalue weighted by atomic mass is 10.0. The molecular formula is C23H26FN5O4S. The van der Waals surface area contributed by atoms with Gasteiger partial charge in [0.2, 0.25) is 10.0 Å². The fourth-order valence-electron chi connectivity index (χ4n) is 4.22. The lowest BCUT2D eigenvalue weighted by Crippen LogP contribution is -2.39. The number of aryl methyl sites for hydroxylation is 1. The predicted octanol–water partition coefficient (Wildman–Crippen LogP) is 4.09. The molecule has 11 heteroatoms. The van der Waals surface area contributed by atoms with Gasteiger partial charge in [-0.1, -0.05) is 19.1 Å². The molecule has 34 heavy (non-hydrogen) atoms. The lowest BCUT2D eigenvalue weighted by Gasteiger charge is -2.30. The molecule has 1 aliphatic rings. The van der Waals surface area contributed by atoms with Gasteiger partial charge in [0, 0.05) is 38.6 Å². The highest BCUT2D eigenvalue weighted by Gasteiger charge is 2.31. The van der Waals surface area contributed by atoms with Crippen molar-refractivity contribution in [3.05, 3.63) is 82.2 Å². The van der Waals surface area contributed by atoms with Crippen LogP contribution in [0.3, 0.4) is 0 Å². The van der Waals surface area contributed by atoms with E-state index >= 15 is 0 Å². The molecule has 2 atom stereocenters. The van der Waals surface area contributed by atoms with Crippen LogP contribution in [-0.2, 0) is 17.1 Å². The SMILES string of the molecule is CC1CCCN(S(=O)(=O)c2ccc(NC(c3ccc(F)cc3)c3nccn3C)c([N+](=O)[O-])c2)C1. The molecule has 4 rings (SSSR count). The number of nitrogens with zero attached hydrogens (tertiary/aromatic N) is 4. The minimum Gasteiger partial charge on any atom is -0.366 e. The van der Waals surface area contributed by atoms with Crippen molar-refractivity contribution in [1.29, 1.82) is 0 Å². The number of benzene rings is 2. The lowest BCUT2D eigenvalue weighted by molar-refractivity contribution is -0.384. The molecule has 0 spiro atoms. The van der Waals surface area contributed by atoms with E-state index in [0.29, 0.717) is 24.5 Å². The van der Waals surface area contributed by atoms with Gasteiger partial charge in [-0.05, 0) is 48.6 Å². The van der Waals surface area contributed by atoms with Gasteiger partial charge in [0.05, 0.1) is 9.82 Å². The van der Waals surface area contributed by atoms with E-state index in [9.17, 15) is 22.9 Å². The Bertz CT molecular complexity index is 1290. The molecule has 2 heterocycles. The molecule has 0 aliphatic carbocycles. The molecule has 0 saturated carbocycles. The minimum atomic E-state index is -3.86. The minimum absolute atomic E-state index is 0.117. The number of nitro groups is 1. The van der Waals surface area contributed by atoms with Gasteiger partial charge in [-0.15, -0.1) is 0 Å². The highest BCUT2D eigenvalue weighted by atomic mass is 32.2. The van der Waals surface area contributed by atoms with Crippen molar-refractivity contribution in [2.75, 3.05) is 18.4 Å². The third kappa shape index (κ3) is 4.80. The molecule has 2 unspecified atom stereocenters. The Morgan fingerprint density at radius 3 is 2.59 bits per heavy atom. The van der Waals surface area contributed by atoms with Gasteiger partial charge in [-0.25, -0.2) is 17.8 Å². The summed E-state index contributed by atoms with van der Waals surface area (Å²) in [5, 5.41) is 15.0. The monoisotopic (exact) mass is 487 g/mol. The van der Waals surface area contributed by atoms with Crippen LogP contribution in [0.2, 0.25) is 0 Å². The molecule has 1 aliphatic heterocycles. The fourth-order valence-corrected chi connectivity index (χ4v) is 5.84. The quantitative estimate of drug-likeness (QED) is 0.397. The summed E-state index contributed by atoms with van der Waals surface area (Å²) in [5.74, 6) is 0.378. The van der Waals surface area contributed by atoms with Gasteiger partial charge in [-0.2, -0.15) is 4.31 Å². The highest BCUT2D eigenvalue weighted by molar-refractivity contribution is 7.89. The summed E-state index contributed by atoms with van der Waals surface area (Å²) in [4.78, 5) is 15.5. The second-order valence-corrected chi connectivity index (χ2v) is 10.5. The largest absolute Gasteiger partial charge is 0.366 e. The summed E-state index contributed by atoms with van der Waals surface area (Å²) in [7, 11) is -2.08. The molecular weight excluding hydrogens is 461 g/mol. The van der Waals surface area contributed by atoms with Crippen LogP contribution in [0.15, 0.2) is 59.8 Å². The van der Waals surface area contributed by atoms with Crippen molar-refractivity contribution < 1.29 is 17.7 Å². The van der Waals surface area contributed by atoms with Gasteiger partial charge < -0.3 is 9.88 Å². The Hall–Kier alpha value is -3.31. The summed E-state index contributed by atoms with van der Waals surface area (Å²) in [6.45, 7) is 2.78. The molecule has 0 amide bonds. The maximum absolute atomic E-state index is 13.5. The predicted molar refractivity (Wildman–Crippen MR) is 125 cm³/mol. The molecule has 0 radical (unpaired) electrons. The number of halogens is 1. The standard InChI is InChI=1S/C23H26FN5O4S/c1-16-4-3-12-28(15-16)34(32,33)19-9-10-20(21(14-19)29(30)31)26-22(23-25-11-13-27(23)2)17-5-7-18(24)8-6-17/h5-11,13-14,16,22,26H,3-4,12,15H2,1-2H3. The molecule has 1 aromatic heterocycles. The Kier molecular flexibility index (Phi) is 6.67. The number of aromatic nitrogens is 2. The normalized spacial score (nSPS) is 17.9. The van der Waals surface area contributed by atoms with E-state index in [-0.39, 0.29) is 22.2 Å². The first-order valence-electron chi connectivity index (χ1n) is 10.9. The van der Waals surface area contributed by atoms with Crippen molar-refractivity contribution in [1.82, 2.24) is 13.9 Å². The fraction of sp³-hybridized carbons (Fsp3) is 0.348. The van der Waals surface area contributed by atoms with Crippen LogP contribution in [0, 0.1) is 21.8 Å². The van der Waals surface area contributed by atoms with Gasteiger partial charge in [0.1, 0.15) is 23.4 Å². The number of sulfonamides is 1. The van der Waals surface area contributed by atoms with Crippen molar-refractivity contribution in [2.45, 2.75) is 30.7 Å². The number of piperidine rings is 1. The maximum atomic E-state index is 13.5. The number of hydrogen-bond donors (Lipinski definition) is 1. The average Bonchev–Trinajstić information content (AvgIpc) is 3.23. The topological polar surface area (TPSA) is 110 Å². The molecule has 9 nitrogen and oxygen atoms in total. The molecule has 0 bridgehead atoms. The first kappa shape index (κ1) is 23.8. The van der Waals surface area contributed by atoms with Crippen molar-refractivity contribution in [3.8, 4) is 0 Å². The van der Waals surface area contributed by atoms with Crippen LogP contribution in [0.1, 0.15) is 37.2 Å². The first-order chi connectivity index (χ1) is 16.2.